The lowest BCUT2D eigenvalue weighted by atomic mass is 10.0. The molecule has 0 unspecified atom stereocenters. The lowest BCUT2D eigenvalue weighted by Gasteiger charge is -2.04. The minimum atomic E-state index is -0.410. The quantitative estimate of drug-likeness (QED) is 0.484. The van der Waals surface area contributed by atoms with E-state index in [-0.39, 0.29) is 5.76 Å². The van der Waals surface area contributed by atoms with Crippen LogP contribution in [0.1, 0.15) is 58.6 Å². The lowest BCUT2D eigenvalue weighted by molar-refractivity contribution is 0.0925. The highest BCUT2D eigenvalue weighted by atomic mass is 35.5. The van der Waals surface area contributed by atoms with Crippen LogP contribution < -0.4 is 5.43 Å². The van der Waals surface area contributed by atoms with Crippen LogP contribution in [-0.4, -0.2) is 21.9 Å². The summed E-state index contributed by atoms with van der Waals surface area (Å²) in [4.78, 5) is 12.2. The fraction of sp³-hybridized carbons (Fsp3) is 0.286. The molecule has 3 rings (SSSR count). The van der Waals surface area contributed by atoms with Gasteiger partial charge in [-0.05, 0) is 43.0 Å². The van der Waals surface area contributed by atoms with Gasteiger partial charge in [-0.1, -0.05) is 49.7 Å². The number of carbonyl (C=O) groups is 1. The number of hydrogen-bond donors (Lipinski definition) is 1. The Morgan fingerprint density at radius 3 is 2.57 bits per heavy atom. The zero-order chi connectivity index (χ0) is 20.3. The second kappa shape index (κ2) is 8.44. The van der Waals surface area contributed by atoms with Gasteiger partial charge in [-0.3, -0.25) is 9.48 Å². The molecule has 0 aliphatic heterocycles. The molecule has 146 valence electrons. The van der Waals surface area contributed by atoms with E-state index in [0.29, 0.717) is 23.2 Å². The van der Waals surface area contributed by atoms with Crippen LogP contribution in [0.3, 0.4) is 0 Å². The number of carbonyl (C=O) groups excluding carboxylic acids is 1. The van der Waals surface area contributed by atoms with Crippen LogP contribution in [0.5, 0.6) is 0 Å². The molecule has 28 heavy (non-hydrogen) atoms. The van der Waals surface area contributed by atoms with Crippen molar-refractivity contribution >= 4 is 23.7 Å². The van der Waals surface area contributed by atoms with E-state index in [9.17, 15) is 4.79 Å². The summed E-state index contributed by atoms with van der Waals surface area (Å²) < 4.78 is 7.36. The van der Waals surface area contributed by atoms with Crippen molar-refractivity contribution in [2.24, 2.45) is 5.10 Å². The van der Waals surface area contributed by atoms with E-state index in [1.807, 2.05) is 26.0 Å². The van der Waals surface area contributed by atoms with Crippen molar-refractivity contribution in [1.82, 2.24) is 15.2 Å². The van der Waals surface area contributed by atoms with Crippen LogP contribution in [0.2, 0.25) is 5.02 Å². The molecule has 2 aromatic heterocycles. The summed E-state index contributed by atoms with van der Waals surface area (Å²) >= 11 is 6.16. The minimum absolute atomic E-state index is 0.190. The molecule has 0 spiro atoms. The number of rotatable bonds is 6. The summed E-state index contributed by atoms with van der Waals surface area (Å²) in [5, 5.41) is 8.99. The first-order valence-electron chi connectivity index (χ1n) is 9.06. The topological polar surface area (TPSA) is 72.4 Å². The molecule has 6 nitrogen and oxygen atoms in total. The highest BCUT2D eigenvalue weighted by molar-refractivity contribution is 6.31. The van der Waals surface area contributed by atoms with Gasteiger partial charge in [-0.25, -0.2) is 5.43 Å². The summed E-state index contributed by atoms with van der Waals surface area (Å²) in [5.41, 5.74) is 6.27. The zero-order valence-electron chi connectivity index (χ0n) is 16.4. The predicted octanol–water partition coefficient (Wildman–Crippen LogP) is 4.68. The third kappa shape index (κ3) is 4.51. The number of nitrogens with zero attached hydrogens (tertiary/aromatic N) is 3. The largest absolute Gasteiger partial charge is 0.454 e. The van der Waals surface area contributed by atoms with E-state index in [0.717, 1.165) is 17.0 Å². The van der Waals surface area contributed by atoms with Crippen LogP contribution >= 0.6 is 11.6 Å². The maximum absolute atomic E-state index is 12.2. The molecular formula is C21H23ClN4O2. The highest BCUT2D eigenvalue weighted by Gasteiger charge is 2.14. The third-order valence-corrected chi connectivity index (χ3v) is 5.01. The van der Waals surface area contributed by atoms with Gasteiger partial charge < -0.3 is 4.42 Å². The number of halogens is 1. The van der Waals surface area contributed by atoms with Crippen LogP contribution in [0.4, 0.5) is 0 Å². The van der Waals surface area contributed by atoms with E-state index in [2.05, 4.69) is 41.6 Å². The molecule has 0 aliphatic rings. The Labute approximate surface area is 169 Å². The number of furan rings is 1. The van der Waals surface area contributed by atoms with Gasteiger partial charge in [0.05, 0.1) is 29.2 Å². The number of amides is 1. The molecule has 3 aromatic rings. The minimum Gasteiger partial charge on any atom is -0.454 e. The van der Waals surface area contributed by atoms with Crippen molar-refractivity contribution in [2.45, 2.75) is 40.2 Å². The first-order valence-corrected chi connectivity index (χ1v) is 9.44. The second-order valence-corrected chi connectivity index (χ2v) is 7.31. The first kappa shape index (κ1) is 19.9. The fourth-order valence-corrected chi connectivity index (χ4v) is 2.88. The molecule has 0 saturated heterocycles. The van der Waals surface area contributed by atoms with Gasteiger partial charge in [0.1, 0.15) is 5.76 Å². The summed E-state index contributed by atoms with van der Waals surface area (Å²) in [6, 6.07) is 11.4. The second-order valence-electron chi connectivity index (χ2n) is 6.93. The van der Waals surface area contributed by atoms with Crippen molar-refractivity contribution in [1.29, 1.82) is 0 Å². The molecule has 1 amide bonds. The average Bonchev–Trinajstić information content (AvgIpc) is 3.23. The average molecular weight is 399 g/mol. The van der Waals surface area contributed by atoms with Crippen molar-refractivity contribution in [2.75, 3.05) is 0 Å². The van der Waals surface area contributed by atoms with Crippen LogP contribution in [0.15, 0.2) is 45.9 Å². The lowest BCUT2D eigenvalue weighted by Crippen LogP contribution is -2.16. The summed E-state index contributed by atoms with van der Waals surface area (Å²) in [5.74, 6) is 0.868. The number of benzene rings is 1. The molecule has 2 heterocycles. The van der Waals surface area contributed by atoms with Crippen molar-refractivity contribution in [3.63, 3.8) is 0 Å². The Bertz CT molecular complexity index is 1000. The number of aromatic nitrogens is 2. The van der Waals surface area contributed by atoms with Gasteiger partial charge >= 0.3 is 5.91 Å². The molecule has 1 aromatic carbocycles. The monoisotopic (exact) mass is 398 g/mol. The third-order valence-electron chi connectivity index (χ3n) is 4.47. The van der Waals surface area contributed by atoms with Gasteiger partial charge in [0, 0.05) is 0 Å². The molecule has 0 saturated carbocycles. The van der Waals surface area contributed by atoms with Crippen molar-refractivity contribution < 1.29 is 9.21 Å². The Morgan fingerprint density at radius 2 is 1.96 bits per heavy atom. The van der Waals surface area contributed by atoms with Crippen LogP contribution in [-0.2, 0) is 6.54 Å². The summed E-state index contributed by atoms with van der Waals surface area (Å²) in [7, 11) is 0. The SMILES string of the molecule is Cc1nn(Cc2ccc(C(=O)N/N=C/c3ccc(C(C)C)cc3)o2)c(C)c1Cl. The van der Waals surface area contributed by atoms with E-state index < -0.39 is 5.91 Å². The molecule has 1 N–H and O–H groups in total. The Balaban J connectivity index is 1.60. The normalized spacial score (nSPS) is 11.5. The fourth-order valence-electron chi connectivity index (χ4n) is 2.75. The van der Waals surface area contributed by atoms with Gasteiger partial charge in [0.25, 0.3) is 0 Å². The first-order chi connectivity index (χ1) is 13.3. The van der Waals surface area contributed by atoms with Gasteiger partial charge in [-0.2, -0.15) is 10.2 Å². The van der Waals surface area contributed by atoms with Crippen LogP contribution in [0, 0.1) is 13.8 Å². The van der Waals surface area contributed by atoms with Crippen LogP contribution in [0.25, 0.3) is 0 Å². The maximum Gasteiger partial charge on any atom is 0.307 e. The highest BCUT2D eigenvalue weighted by Crippen LogP contribution is 2.20. The van der Waals surface area contributed by atoms with Crippen molar-refractivity contribution in [3.8, 4) is 0 Å². The Hall–Kier alpha value is -2.86. The smallest absolute Gasteiger partial charge is 0.307 e. The van der Waals surface area contributed by atoms with E-state index >= 15 is 0 Å². The van der Waals surface area contributed by atoms with E-state index in [1.165, 1.54) is 5.56 Å². The molecule has 0 fully saturated rings. The number of hydrazone groups is 1. The molecule has 0 aliphatic carbocycles. The van der Waals surface area contributed by atoms with Gasteiger partial charge in [-0.15, -0.1) is 0 Å². The van der Waals surface area contributed by atoms with E-state index in [4.69, 9.17) is 16.0 Å². The summed E-state index contributed by atoms with van der Waals surface area (Å²) in [6.45, 7) is 8.43. The Morgan fingerprint density at radius 1 is 1.25 bits per heavy atom. The number of nitrogens with one attached hydrogen (secondary N) is 1. The van der Waals surface area contributed by atoms with Gasteiger partial charge in [0.15, 0.2) is 5.76 Å². The molecule has 0 radical (unpaired) electrons. The molecule has 7 heteroatoms. The Kier molecular flexibility index (Phi) is 5.99. The molecule has 0 atom stereocenters. The predicted molar refractivity (Wildman–Crippen MR) is 110 cm³/mol. The molecule has 0 bridgehead atoms. The standard InChI is InChI=1S/C21H23ClN4O2/c1-13(2)17-7-5-16(6-8-17)11-23-24-21(27)19-10-9-18(28-19)12-26-15(4)20(22)14(3)25-26/h5-11,13H,12H2,1-4H3,(H,24,27)/b23-11+. The zero-order valence-corrected chi connectivity index (χ0v) is 17.1. The van der Waals surface area contributed by atoms with Crippen molar-refractivity contribution in [3.05, 3.63) is 75.5 Å². The van der Waals surface area contributed by atoms with E-state index in [1.54, 1.807) is 23.0 Å². The number of hydrogen-bond acceptors (Lipinski definition) is 4. The number of aryl methyl sites for hydroxylation is 1. The summed E-state index contributed by atoms with van der Waals surface area (Å²) in [6.07, 6.45) is 1.60. The maximum atomic E-state index is 12.2. The van der Waals surface area contributed by atoms with Gasteiger partial charge in [0.2, 0.25) is 0 Å². The molecular weight excluding hydrogens is 376 g/mol.